The summed E-state index contributed by atoms with van der Waals surface area (Å²) < 4.78 is 24.9. The van der Waals surface area contributed by atoms with Crippen molar-refractivity contribution in [1.29, 1.82) is 0 Å². The fourth-order valence-corrected chi connectivity index (χ4v) is 1.56. The summed E-state index contributed by atoms with van der Waals surface area (Å²) in [5.74, 6) is -1.18. The zero-order valence-electron chi connectivity index (χ0n) is 7.18. The molecule has 0 aliphatic carbocycles. The molecule has 0 saturated heterocycles. The Hall–Kier alpha value is -0.940. The topological polar surface area (TPSA) is 50.2 Å². The molecule has 0 amide bonds. The van der Waals surface area contributed by atoms with E-state index < -0.39 is 29.5 Å². The first kappa shape index (κ1) is 12.1. The highest BCUT2D eigenvalue weighted by atomic mass is 35.5. The van der Waals surface area contributed by atoms with Gasteiger partial charge in [-0.15, -0.1) is 0 Å². The Labute approximate surface area is 93.6 Å². The molecule has 1 aromatic rings. The van der Waals surface area contributed by atoms with E-state index in [-0.39, 0.29) is 10.6 Å². The molecule has 15 heavy (non-hydrogen) atoms. The molecule has 0 aromatic carbocycles. The average Bonchev–Trinajstić information content (AvgIpc) is 2.09. The van der Waals surface area contributed by atoms with Crippen LogP contribution in [0.5, 0.6) is 0 Å². The smallest absolute Gasteiger partial charge is 0.307 e. The lowest BCUT2D eigenvalue weighted by atomic mass is 10.1. The van der Waals surface area contributed by atoms with Crippen molar-refractivity contribution in [3.05, 3.63) is 27.5 Å². The molecule has 0 radical (unpaired) electrons. The van der Waals surface area contributed by atoms with Gasteiger partial charge in [-0.05, 0) is 0 Å². The largest absolute Gasteiger partial charge is 0.481 e. The van der Waals surface area contributed by atoms with Crippen LogP contribution < -0.4 is 0 Å². The summed E-state index contributed by atoms with van der Waals surface area (Å²) in [6.07, 6.45) is -2.28. The molecule has 0 aliphatic heterocycles. The first-order valence-electron chi connectivity index (χ1n) is 3.76. The molecule has 3 nitrogen and oxygen atoms in total. The number of pyridine rings is 1. The molecule has 0 spiro atoms. The summed E-state index contributed by atoms with van der Waals surface area (Å²) in [5.41, 5.74) is -0.610. The standard InChI is InChI=1S/C8H5Cl2F2NO2/c9-6-3(1-4(14)15)2-13-7(10)5(6)8(11)12/h2,8H,1H2,(H,14,15). The van der Waals surface area contributed by atoms with Crippen LogP contribution >= 0.6 is 23.2 Å². The highest BCUT2D eigenvalue weighted by molar-refractivity contribution is 6.35. The lowest BCUT2D eigenvalue weighted by molar-refractivity contribution is -0.136. The zero-order valence-corrected chi connectivity index (χ0v) is 8.69. The maximum atomic E-state index is 12.4. The van der Waals surface area contributed by atoms with E-state index >= 15 is 0 Å². The summed E-state index contributed by atoms with van der Waals surface area (Å²) in [6.45, 7) is 0. The summed E-state index contributed by atoms with van der Waals surface area (Å²) in [5, 5.41) is 7.73. The molecule has 1 aromatic heterocycles. The molecule has 0 fully saturated rings. The van der Waals surface area contributed by atoms with Gasteiger partial charge >= 0.3 is 5.97 Å². The Morgan fingerprint density at radius 2 is 2.13 bits per heavy atom. The fourth-order valence-electron chi connectivity index (χ4n) is 0.996. The molecule has 1 N–H and O–H groups in total. The minimum absolute atomic E-state index is 0.0175. The van der Waals surface area contributed by atoms with Crippen LogP contribution in [-0.2, 0) is 11.2 Å². The first-order chi connectivity index (χ1) is 6.93. The van der Waals surface area contributed by atoms with Crippen LogP contribution in [0, 0.1) is 0 Å². The van der Waals surface area contributed by atoms with E-state index in [4.69, 9.17) is 28.3 Å². The Bertz CT molecular complexity index is 398. The number of hydrogen-bond donors (Lipinski definition) is 1. The van der Waals surface area contributed by atoms with Gasteiger partial charge in [-0.25, -0.2) is 13.8 Å². The van der Waals surface area contributed by atoms with E-state index in [1.165, 1.54) is 0 Å². The SMILES string of the molecule is O=C(O)Cc1cnc(Cl)c(C(F)F)c1Cl. The second kappa shape index (κ2) is 4.72. The Kier molecular flexibility index (Phi) is 3.82. The van der Waals surface area contributed by atoms with Crippen LogP contribution in [0.3, 0.4) is 0 Å². The molecule has 1 rings (SSSR count). The molecule has 1 heterocycles. The van der Waals surface area contributed by atoms with Gasteiger partial charge in [-0.2, -0.15) is 0 Å². The molecular weight excluding hydrogens is 251 g/mol. The van der Waals surface area contributed by atoms with Crippen molar-refractivity contribution in [2.24, 2.45) is 0 Å². The van der Waals surface area contributed by atoms with Crippen molar-refractivity contribution >= 4 is 29.2 Å². The molecule has 7 heteroatoms. The number of alkyl halides is 2. The van der Waals surface area contributed by atoms with Crippen molar-refractivity contribution in [3.8, 4) is 0 Å². The van der Waals surface area contributed by atoms with Gasteiger partial charge in [0.1, 0.15) is 5.15 Å². The predicted molar refractivity (Wildman–Crippen MR) is 50.6 cm³/mol. The summed E-state index contributed by atoms with van der Waals surface area (Å²) >= 11 is 11.0. The monoisotopic (exact) mass is 255 g/mol. The minimum Gasteiger partial charge on any atom is -0.481 e. The van der Waals surface area contributed by atoms with Gasteiger partial charge in [0.2, 0.25) is 0 Å². The summed E-state index contributed by atoms with van der Waals surface area (Å²) in [7, 11) is 0. The molecule has 0 atom stereocenters. The summed E-state index contributed by atoms with van der Waals surface area (Å²) in [6, 6.07) is 0. The van der Waals surface area contributed by atoms with Crippen molar-refractivity contribution in [2.75, 3.05) is 0 Å². The minimum atomic E-state index is -2.88. The number of rotatable bonds is 3. The third-order valence-electron chi connectivity index (χ3n) is 1.63. The normalized spacial score (nSPS) is 10.7. The van der Waals surface area contributed by atoms with Crippen molar-refractivity contribution < 1.29 is 18.7 Å². The maximum Gasteiger partial charge on any atom is 0.307 e. The number of carboxylic acids is 1. The van der Waals surface area contributed by atoms with Gasteiger partial charge in [0.25, 0.3) is 6.43 Å². The lowest BCUT2D eigenvalue weighted by Gasteiger charge is -2.08. The number of hydrogen-bond acceptors (Lipinski definition) is 2. The number of nitrogens with zero attached hydrogens (tertiary/aromatic N) is 1. The lowest BCUT2D eigenvalue weighted by Crippen LogP contribution is -2.04. The number of carboxylic acid groups (broad SMARTS) is 1. The quantitative estimate of drug-likeness (QED) is 0.846. The number of aliphatic carboxylic acids is 1. The second-order valence-electron chi connectivity index (χ2n) is 2.67. The molecule has 0 unspecified atom stereocenters. The van der Waals surface area contributed by atoms with Crippen molar-refractivity contribution in [2.45, 2.75) is 12.8 Å². The molecule has 0 saturated carbocycles. The van der Waals surface area contributed by atoms with Crippen molar-refractivity contribution in [3.63, 3.8) is 0 Å². The van der Waals surface area contributed by atoms with Crippen LogP contribution in [0.25, 0.3) is 0 Å². The van der Waals surface area contributed by atoms with Gasteiger partial charge in [0.05, 0.1) is 17.0 Å². The summed E-state index contributed by atoms with van der Waals surface area (Å²) in [4.78, 5) is 13.8. The van der Waals surface area contributed by atoms with Gasteiger partial charge in [0.15, 0.2) is 0 Å². The third kappa shape index (κ3) is 2.76. The van der Waals surface area contributed by atoms with Gasteiger partial charge in [-0.1, -0.05) is 23.2 Å². The van der Waals surface area contributed by atoms with E-state index in [2.05, 4.69) is 4.98 Å². The van der Waals surface area contributed by atoms with Gasteiger partial charge in [0, 0.05) is 11.8 Å². The highest BCUT2D eigenvalue weighted by Gasteiger charge is 2.21. The van der Waals surface area contributed by atoms with Crippen molar-refractivity contribution in [1.82, 2.24) is 4.98 Å². The van der Waals surface area contributed by atoms with Crippen LogP contribution in [0.1, 0.15) is 17.6 Å². The predicted octanol–water partition coefficient (Wildman–Crippen LogP) is 2.95. The molecular formula is C8H5Cl2F2NO2. The Balaban J connectivity index is 3.22. The third-order valence-corrected chi connectivity index (χ3v) is 2.38. The van der Waals surface area contributed by atoms with Gasteiger partial charge in [-0.3, -0.25) is 4.79 Å². The highest BCUT2D eigenvalue weighted by Crippen LogP contribution is 2.34. The molecule has 82 valence electrons. The molecule has 0 aliphatic rings. The van der Waals surface area contributed by atoms with E-state index in [0.29, 0.717) is 0 Å². The Morgan fingerprint density at radius 3 is 2.60 bits per heavy atom. The van der Waals surface area contributed by atoms with Crippen LogP contribution in [0.2, 0.25) is 10.2 Å². The van der Waals surface area contributed by atoms with E-state index in [9.17, 15) is 13.6 Å². The van der Waals surface area contributed by atoms with Crippen LogP contribution in [0.4, 0.5) is 8.78 Å². The van der Waals surface area contributed by atoms with Gasteiger partial charge < -0.3 is 5.11 Å². The fraction of sp³-hybridized carbons (Fsp3) is 0.250. The Morgan fingerprint density at radius 1 is 1.53 bits per heavy atom. The number of aromatic nitrogens is 1. The first-order valence-corrected chi connectivity index (χ1v) is 4.51. The van der Waals surface area contributed by atoms with E-state index in [1.54, 1.807) is 0 Å². The maximum absolute atomic E-state index is 12.4. The van der Waals surface area contributed by atoms with E-state index in [0.717, 1.165) is 6.20 Å². The average molecular weight is 256 g/mol. The second-order valence-corrected chi connectivity index (χ2v) is 3.41. The number of carbonyl (C=O) groups is 1. The van der Waals surface area contributed by atoms with Crippen LogP contribution in [-0.4, -0.2) is 16.1 Å². The van der Waals surface area contributed by atoms with E-state index in [1.807, 2.05) is 0 Å². The van der Waals surface area contributed by atoms with Crippen LogP contribution in [0.15, 0.2) is 6.20 Å². The molecule has 0 bridgehead atoms. The zero-order chi connectivity index (χ0) is 11.6. The number of halogens is 4.